The van der Waals surface area contributed by atoms with E-state index in [1.165, 1.54) is 11.8 Å². The van der Waals surface area contributed by atoms with E-state index >= 15 is 0 Å². The lowest BCUT2D eigenvalue weighted by molar-refractivity contribution is -0.115. The maximum Gasteiger partial charge on any atom is 0.237 e. The highest BCUT2D eigenvalue weighted by Gasteiger charge is 2.17. The minimum absolute atomic E-state index is 0.0750. The molecule has 1 atom stereocenters. The van der Waals surface area contributed by atoms with Crippen molar-refractivity contribution >= 4 is 23.4 Å². The van der Waals surface area contributed by atoms with Gasteiger partial charge in [0.05, 0.1) is 10.3 Å². The summed E-state index contributed by atoms with van der Waals surface area (Å²) in [5.41, 5.74) is 1.80. The number of benzene rings is 1. The van der Waals surface area contributed by atoms with E-state index < -0.39 is 0 Å². The van der Waals surface area contributed by atoms with Crippen LogP contribution in [-0.4, -0.2) is 29.4 Å². The summed E-state index contributed by atoms with van der Waals surface area (Å²) in [5, 5.41) is 3.48. The summed E-state index contributed by atoms with van der Waals surface area (Å²) in [7, 11) is 0. The number of nitrogens with one attached hydrogen (secondary N) is 1. The summed E-state index contributed by atoms with van der Waals surface area (Å²) in [5.74, 6) is 1.30. The molecule has 1 N–H and O–H groups in total. The number of hydrogen-bond donors (Lipinski definition) is 1. The van der Waals surface area contributed by atoms with E-state index in [9.17, 15) is 4.79 Å². The number of pyridine rings is 1. The molecule has 2 heterocycles. The normalized spacial score (nSPS) is 14.2. The van der Waals surface area contributed by atoms with Crippen LogP contribution in [0.4, 0.5) is 5.69 Å². The Morgan fingerprint density at radius 1 is 1.22 bits per heavy atom. The zero-order valence-corrected chi connectivity index (χ0v) is 13.9. The Labute approximate surface area is 139 Å². The summed E-state index contributed by atoms with van der Waals surface area (Å²) in [4.78, 5) is 16.6. The first-order valence-corrected chi connectivity index (χ1v) is 8.29. The first kappa shape index (κ1) is 15.7. The van der Waals surface area contributed by atoms with E-state index in [0.717, 1.165) is 10.6 Å². The molecule has 120 valence electrons. The lowest BCUT2D eigenvalue weighted by Gasteiger charge is -2.19. The zero-order valence-electron chi connectivity index (χ0n) is 13.0. The molecule has 1 aliphatic rings. The molecule has 0 fully saturated rings. The fraction of sp³-hybridized carbons (Fsp3) is 0.294. The number of amides is 1. The van der Waals surface area contributed by atoms with Crippen LogP contribution in [0.1, 0.15) is 12.5 Å². The van der Waals surface area contributed by atoms with Crippen molar-refractivity contribution in [3.63, 3.8) is 0 Å². The standard InChI is InChI=1S/C17H18N2O3S/c1-11-3-6-16(18-10-11)23-12(2)17(20)19-13-4-5-14-15(9-13)22-8-7-21-14/h3-6,9-10,12H,7-8H2,1-2H3,(H,19,20). The zero-order chi connectivity index (χ0) is 16.2. The van der Waals surface area contributed by atoms with Crippen molar-refractivity contribution in [1.82, 2.24) is 4.98 Å². The number of carbonyl (C=O) groups excluding carboxylic acids is 1. The number of hydrogen-bond acceptors (Lipinski definition) is 5. The van der Waals surface area contributed by atoms with Gasteiger partial charge < -0.3 is 14.8 Å². The predicted molar refractivity (Wildman–Crippen MR) is 90.4 cm³/mol. The van der Waals surface area contributed by atoms with Crippen LogP contribution in [0.5, 0.6) is 11.5 Å². The van der Waals surface area contributed by atoms with Gasteiger partial charge in [-0.15, -0.1) is 0 Å². The van der Waals surface area contributed by atoms with Crippen LogP contribution in [0.15, 0.2) is 41.6 Å². The van der Waals surface area contributed by atoms with Crippen LogP contribution in [-0.2, 0) is 4.79 Å². The molecule has 1 aromatic carbocycles. The maximum absolute atomic E-state index is 12.3. The van der Waals surface area contributed by atoms with E-state index in [4.69, 9.17) is 9.47 Å². The smallest absolute Gasteiger partial charge is 0.237 e. The summed E-state index contributed by atoms with van der Waals surface area (Å²) in [6.07, 6.45) is 1.80. The minimum atomic E-state index is -0.251. The molecule has 0 aliphatic carbocycles. The molecule has 1 unspecified atom stereocenters. The second kappa shape index (κ2) is 6.91. The second-order valence-electron chi connectivity index (χ2n) is 5.28. The van der Waals surface area contributed by atoms with E-state index in [1.54, 1.807) is 12.3 Å². The van der Waals surface area contributed by atoms with E-state index in [1.807, 2.05) is 38.1 Å². The van der Waals surface area contributed by atoms with Crippen LogP contribution >= 0.6 is 11.8 Å². The lowest BCUT2D eigenvalue weighted by Crippen LogP contribution is -2.23. The van der Waals surface area contributed by atoms with Gasteiger partial charge in [0.2, 0.25) is 5.91 Å². The lowest BCUT2D eigenvalue weighted by atomic mass is 10.2. The summed E-state index contributed by atoms with van der Waals surface area (Å²) in [6, 6.07) is 9.32. The van der Waals surface area contributed by atoms with Crippen molar-refractivity contribution in [1.29, 1.82) is 0 Å². The first-order chi connectivity index (χ1) is 11.1. The van der Waals surface area contributed by atoms with Gasteiger partial charge in [0.1, 0.15) is 13.2 Å². The number of ether oxygens (including phenoxy) is 2. The quantitative estimate of drug-likeness (QED) is 0.872. The summed E-state index contributed by atoms with van der Waals surface area (Å²) in [6.45, 7) is 4.92. The average molecular weight is 330 g/mol. The number of carbonyl (C=O) groups is 1. The Morgan fingerprint density at radius 2 is 2.00 bits per heavy atom. The molecule has 0 spiro atoms. The van der Waals surface area contributed by atoms with Crippen molar-refractivity contribution < 1.29 is 14.3 Å². The Morgan fingerprint density at radius 3 is 2.74 bits per heavy atom. The number of fused-ring (bicyclic) bond motifs is 1. The van der Waals surface area contributed by atoms with Crippen LogP contribution < -0.4 is 14.8 Å². The molecule has 5 nitrogen and oxygen atoms in total. The fourth-order valence-corrected chi connectivity index (χ4v) is 2.91. The largest absolute Gasteiger partial charge is 0.486 e. The number of thioether (sulfide) groups is 1. The van der Waals surface area contributed by atoms with E-state index in [2.05, 4.69) is 10.3 Å². The number of anilines is 1. The Hall–Kier alpha value is -2.21. The average Bonchev–Trinajstić information content (AvgIpc) is 2.56. The summed E-state index contributed by atoms with van der Waals surface area (Å²) < 4.78 is 11.0. The van der Waals surface area contributed by atoms with Gasteiger partial charge in [-0.3, -0.25) is 4.79 Å². The van der Waals surface area contributed by atoms with Crippen molar-refractivity contribution in [2.75, 3.05) is 18.5 Å². The van der Waals surface area contributed by atoms with Gasteiger partial charge in [-0.05, 0) is 37.6 Å². The number of nitrogens with zero attached hydrogens (tertiary/aromatic N) is 1. The van der Waals surface area contributed by atoms with E-state index in [-0.39, 0.29) is 11.2 Å². The topological polar surface area (TPSA) is 60.5 Å². The monoisotopic (exact) mass is 330 g/mol. The molecule has 1 aromatic heterocycles. The van der Waals surface area contributed by atoms with Crippen molar-refractivity contribution in [3.05, 3.63) is 42.1 Å². The first-order valence-electron chi connectivity index (χ1n) is 7.41. The highest BCUT2D eigenvalue weighted by Crippen LogP contribution is 2.33. The third-order valence-electron chi connectivity index (χ3n) is 3.36. The van der Waals surface area contributed by atoms with Gasteiger partial charge in [-0.25, -0.2) is 4.98 Å². The van der Waals surface area contributed by atoms with Gasteiger partial charge in [0.15, 0.2) is 11.5 Å². The molecule has 0 radical (unpaired) electrons. The fourth-order valence-electron chi connectivity index (χ4n) is 2.12. The number of aromatic nitrogens is 1. The highest BCUT2D eigenvalue weighted by atomic mass is 32.2. The molecular formula is C17H18N2O3S. The van der Waals surface area contributed by atoms with Crippen molar-refractivity contribution in [2.45, 2.75) is 24.1 Å². The summed E-state index contributed by atoms with van der Waals surface area (Å²) >= 11 is 1.43. The molecular weight excluding hydrogens is 312 g/mol. The van der Waals surface area contributed by atoms with Crippen LogP contribution in [0.2, 0.25) is 0 Å². The van der Waals surface area contributed by atoms with Crippen molar-refractivity contribution in [3.8, 4) is 11.5 Å². The highest BCUT2D eigenvalue weighted by molar-refractivity contribution is 8.00. The van der Waals surface area contributed by atoms with Gasteiger partial charge in [0.25, 0.3) is 0 Å². The third kappa shape index (κ3) is 3.96. The van der Waals surface area contributed by atoms with Crippen LogP contribution in [0.25, 0.3) is 0 Å². The van der Waals surface area contributed by atoms with Gasteiger partial charge >= 0.3 is 0 Å². The molecule has 0 bridgehead atoms. The molecule has 1 aliphatic heterocycles. The third-order valence-corrected chi connectivity index (χ3v) is 4.41. The van der Waals surface area contributed by atoms with E-state index in [0.29, 0.717) is 30.4 Å². The Kier molecular flexibility index (Phi) is 4.71. The van der Waals surface area contributed by atoms with Gasteiger partial charge in [-0.2, -0.15) is 0 Å². The Balaban J connectivity index is 1.63. The van der Waals surface area contributed by atoms with Crippen LogP contribution in [0, 0.1) is 6.92 Å². The van der Waals surface area contributed by atoms with Crippen molar-refractivity contribution in [2.24, 2.45) is 0 Å². The number of aryl methyl sites for hydroxylation is 1. The predicted octanol–water partition coefficient (Wildman–Crippen LogP) is 3.28. The minimum Gasteiger partial charge on any atom is -0.486 e. The van der Waals surface area contributed by atoms with Crippen LogP contribution in [0.3, 0.4) is 0 Å². The molecule has 0 saturated heterocycles. The molecule has 2 aromatic rings. The molecule has 1 amide bonds. The number of rotatable bonds is 4. The van der Waals surface area contributed by atoms with Gasteiger partial charge in [-0.1, -0.05) is 17.8 Å². The second-order valence-corrected chi connectivity index (χ2v) is 6.64. The SMILES string of the molecule is Cc1ccc(SC(C)C(=O)Nc2ccc3c(c2)OCCO3)nc1. The molecule has 23 heavy (non-hydrogen) atoms. The molecule has 6 heteroatoms. The maximum atomic E-state index is 12.3. The Bertz CT molecular complexity index is 703. The molecule has 0 saturated carbocycles. The van der Waals surface area contributed by atoms with Gasteiger partial charge in [0, 0.05) is 18.0 Å². The molecule has 3 rings (SSSR count).